The minimum absolute atomic E-state index is 0.0887. The molecule has 5 nitrogen and oxygen atoms in total. The molecule has 1 fully saturated rings. The van der Waals surface area contributed by atoms with Crippen molar-refractivity contribution < 1.29 is 13.2 Å². The van der Waals surface area contributed by atoms with Crippen molar-refractivity contribution in [1.82, 2.24) is 4.90 Å². The lowest BCUT2D eigenvalue weighted by Gasteiger charge is -2.27. The van der Waals surface area contributed by atoms with Crippen molar-refractivity contribution in [2.75, 3.05) is 4.31 Å². The van der Waals surface area contributed by atoms with Gasteiger partial charge in [-0.2, -0.15) is 0 Å². The lowest BCUT2D eigenvalue weighted by molar-refractivity contribution is 0.0690. The van der Waals surface area contributed by atoms with E-state index in [1.807, 2.05) is 49.9 Å². The van der Waals surface area contributed by atoms with E-state index in [1.165, 1.54) is 10.4 Å². The smallest absolute Gasteiger partial charge is 0.264 e. The van der Waals surface area contributed by atoms with Crippen LogP contribution in [-0.2, 0) is 16.4 Å². The van der Waals surface area contributed by atoms with Crippen LogP contribution in [0.4, 0.5) is 5.69 Å². The molecule has 2 aromatic carbocycles. The molecule has 1 amide bonds. The van der Waals surface area contributed by atoms with Gasteiger partial charge in [0.25, 0.3) is 15.9 Å². The van der Waals surface area contributed by atoms with Crippen LogP contribution < -0.4 is 4.31 Å². The Labute approximate surface area is 167 Å². The maximum atomic E-state index is 13.4. The Morgan fingerprint density at radius 2 is 1.82 bits per heavy atom. The molecule has 0 radical (unpaired) electrons. The number of rotatable bonds is 5. The lowest BCUT2D eigenvalue weighted by Crippen LogP contribution is -2.39. The molecule has 4 rings (SSSR count). The van der Waals surface area contributed by atoms with E-state index in [1.54, 1.807) is 18.2 Å². The first kappa shape index (κ1) is 19.0. The van der Waals surface area contributed by atoms with E-state index in [4.69, 9.17) is 0 Å². The van der Waals surface area contributed by atoms with Crippen LogP contribution in [0.25, 0.3) is 0 Å². The number of hydrogen-bond donors (Lipinski definition) is 0. The van der Waals surface area contributed by atoms with Crippen molar-refractivity contribution in [2.45, 2.75) is 63.1 Å². The molecule has 1 atom stereocenters. The molecular formula is C22H26N2O3S. The van der Waals surface area contributed by atoms with E-state index in [0.717, 1.165) is 24.1 Å². The summed E-state index contributed by atoms with van der Waals surface area (Å²) in [5.41, 5.74) is 2.20. The van der Waals surface area contributed by atoms with Crippen molar-refractivity contribution in [3.05, 3.63) is 59.7 Å². The highest BCUT2D eigenvalue weighted by atomic mass is 32.2. The van der Waals surface area contributed by atoms with Crippen molar-refractivity contribution in [1.29, 1.82) is 0 Å². The number of benzene rings is 2. The zero-order chi connectivity index (χ0) is 20.1. The summed E-state index contributed by atoms with van der Waals surface area (Å²) in [7, 11) is -3.75. The highest BCUT2D eigenvalue weighted by Gasteiger charge is 2.37. The van der Waals surface area contributed by atoms with Gasteiger partial charge in [-0.1, -0.05) is 24.3 Å². The maximum absolute atomic E-state index is 13.4. The molecule has 1 saturated carbocycles. The Bertz CT molecular complexity index is 1010. The van der Waals surface area contributed by atoms with Crippen LogP contribution in [0, 0.1) is 0 Å². The fourth-order valence-corrected chi connectivity index (χ4v) is 5.87. The number of hydrogen-bond acceptors (Lipinski definition) is 3. The predicted octanol–water partition coefficient (Wildman–Crippen LogP) is 3.84. The molecular weight excluding hydrogens is 372 g/mol. The number of carbonyl (C=O) groups is 1. The number of nitrogens with zero attached hydrogens (tertiary/aromatic N) is 2. The van der Waals surface area contributed by atoms with E-state index < -0.39 is 10.0 Å². The molecule has 1 aliphatic carbocycles. The first-order chi connectivity index (χ1) is 13.3. The average molecular weight is 399 g/mol. The van der Waals surface area contributed by atoms with Crippen LogP contribution >= 0.6 is 0 Å². The number of para-hydroxylation sites is 1. The third kappa shape index (κ3) is 3.20. The van der Waals surface area contributed by atoms with Crippen molar-refractivity contribution in [3.8, 4) is 0 Å². The van der Waals surface area contributed by atoms with Crippen molar-refractivity contribution >= 4 is 21.6 Å². The summed E-state index contributed by atoms with van der Waals surface area (Å²) < 4.78 is 28.4. The predicted molar refractivity (Wildman–Crippen MR) is 110 cm³/mol. The molecule has 2 aliphatic rings. The molecule has 1 unspecified atom stereocenters. The molecule has 0 N–H and O–H groups in total. The molecule has 6 heteroatoms. The zero-order valence-electron chi connectivity index (χ0n) is 16.5. The largest absolute Gasteiger partial charge is 0.333 e. The Balaban J connectivity index is 1.70. The number of carbonyl (C=O) groups excluding carboxylic acids is 1. The normalized spacial score (nSPS) is 19.0. The van der Waals surface area contributed by atoms with Gasteiger partial charge in [-0.05, 0) is 69.9 Å². The molecule has 2 aromatic rings. The minimum Gasteiger partial charge on any atom is -0.333 e. The van der Waals surface area contributed by atoms with Crippen molar-refractivity contribution in [2.24, 2.45) is 0 Å². The molecule has 28 heavy (non-hydrogen) atoms. The second-order valence-electron chi connectivity index (χ2n) is 8.05. The Morgan fingerprint density at radius 3 is 2.50 bits per heavy atom. The standard InChI is InChI=1S/C22H26N2O3S/c1-15(2)23(19-11-12-19)22(25)18-8-6-9-20(14-18)28(26,27)24-16(3)13-17-7-4-5-10-21(17)24/h4-10,14-16,19H,11-13H2,1-3H3. The Hall–Kier alpha value is -2.34. The number of sulfonamides is 1. The van der Waals surface area contributed by atoms with Gasteiger partial charge in [0.15, 0.2) is 0 Å². The van der Waals surface area contributed by atoms with Crippen molar-refractivity contribution in [3.63, 3.8) is 0 Å². The highest BCUT2D eigenvalue weighted by molar-refractivity contribution is 7.92. The number of amides is 1. The van der Waals surface area contributed by atoms with Crippen LogP contribution in [0.15, 0.2) is 53.4 Å². The van der Waals surface area contributed by atoms with Gasteiger partial charge >= 0.3 is 0 Å². The fraction of sp³-hybridized carbons (Fsp3) is 0.409. The summed E-state index contributed by atoms with van der Waals surface area (Å²) in [6.45, 7) is 5.92. The van der Waals surface area contributed by atoms with Crippen LogP contribution in [-0.4, -0.2) is 37.4 Å². The van der Waals surface area contributed by atoms with E-state index in [2.05, 4.69) is 0 Å². The van der Waals surface area contributed by atoms with Gasteiger partial charge < -0.3 is 4.90 Å². The quantitative estimate of drug-likeness (QED) is 0.769. The monoisotopic (exact) mass is 398 g/mol. The highest BCUT2D eigenvalue weighted by Crippen LogP contribution is 2.37. The van der Waals surface area contributed by atoms with Crippen LogP contribution in [0.5, 0.6) is 0 Å². The maximum Gasteiger partial charge on any atom is 0.264 e. The summed E-state index contributed by atoms with van der Waals surface area (Å²) in [4.78, 5) is 15.1. The van der Waals surface area contributed by atoms with Crippen LogP contribution in [0.2, 0.25) is 0 Å². The van der Waals surface area contributed by atoms with Gasteiger partial charge in [-0.3, -0.25) is 9.10 Å². The summed E-state index contributed by atoms with van der Waals surface area (Å²) in [5, 5.41) is 0. The average Bonchev–Trinajstić information content (AvgIpc) is 3.41. The molecule has 1 heterocycles. The van der Waals surface area contributed by atoms with Crippen LogP contribution in [0.1, 0.15) is 49.5 Å². The first-order valence-electron chi connectivity index (χ1n) is 9.86. The summed E-state index contributed by atoms with van der Waals surface area (Å²) in [5.74, 6) is -0.0931. The van der Waals surface area contributed by atoms with Gasteiger partial charge in [-0.15, -0.1) is 0 Å². The second kappa shape index (κ2) is 6.92. The van der Waals surface area contributed by atoms with Gasteiger partial charge in [-0.25, -0.2) is 8.42 Å². The minimum atomic E-state index is -3.75. The third-order valence-electron chi connectivity index (χ3n) is 5.51. The lowest BCUT2D eigenvalue weighted by atomic mass is 10.1. The first-order valence-corrected chi connectivity index (χ1v) is 11.3. The van der Waals surface area contributed by atoms with Gasteiger partial charge in [0.05, 0.1) is 10.6 Å². The Kier molecular flexibility index (Phi) is 4.70. The molecule has 0 spiro atoms. The van der Waals surface area contributed by atoms with Crippen LogP contribution in [0.3, 0.4) is 0 Å². The summed E-state index contributed by atoms with van der Waals surface area (Å²) in [6, 6.07) is 14.3. The molecule has 1 aliphatic heterocycles. The van der Waals surface area contributed by atoms with Gasteiger partial charge in [0.2, 0.25) is 0 Å². The van der Waals surface area contributed by atoms with E-state index >= 15 is 0 Å². The summed E-state index contributed by atoms with van der Waals surface area (Å²) in [6.07, 6.45) is 2.73. The molecule has 0 aromatic heterocycles. The molecule has 0 saturated heterocycles. The zero-order valence-corrected chi connectivity index (χ0v) is 17.3. The second-order valence-corrected chi connectivity index (χ2v) is 9.86. The molecule has 0 bridgehead atoms. The SMILES string of the molecule is CC(C)N(C(=O)c1cccc(S(=O)(=O)N2c3ccccc3CC2C)c1)C1CC1. The summed E-state index contributed by atoms with van der Waals surface area (Å²) >= 11 is 0. The fourth-order valence-electron chi connectivity index (χ4n) is 4.13. The van der Waals surface area contributed by atoms with Gasteiger partial charge in [0, 0.05) is 23.7 Å². The van der Waals surface area contributed by atoms with E-state index in [-0.39, 0.29) is 28.9 Å². The number of anilines is 1. The topological polar surface area (TPSA) is 57.7 Å². The van der Waals surface area contributed by atoms with Gasteiger partial charge in [0.1, 0.15) is 0 Å². The number of fused-ring (bicyclic) bond motifs is 1. The van der Waals surface area contributed by atoms with E-state index in [0.29, 0.717) is 12.0 Å². The Morgan fingerprint density at radius 1 is 1.11 bits per heavy atom. The van der Waals surface area contributed by atoms with E-state index in [9.17, 15) is 13.2 Å². The third-order valence-corrected chi connectivity index (χ3v) is 7.44. The molecule has 148 valence electrons.